The summed E-state index contributed by atoms with van der Waals surface area (Å²) < 4.78 is 1.78. The topological polar surface area (TPSA) is 59.8 Å². The number of rotatable bonds is 5. The van der Waals surface area contributed by atoms with Crippen molar-refractivity contribution in [3.8, 4) is 5.82 Å². The quantitative estimate of drug-likeness (QED) is 0.863. The van der Waals surface area contributed by atoms with Crippen LogP contribution < -0.4 is 5.32 Å². The van der Waals surface area contributed by atoms with Crippen LogP contribution in [0.5, 0.6) is 0 Å². The summed E-state index contributed by atoms with van der Waals surface area (Å²) >= 11 is 0. The van der Waals surface area contributed by atoms with Gasteiger partial charge in [0, 0.05) is 17.5 Å². The zero-order valence-electron chi connectivity index (χ0n) is 13.4. The number of nitrogens with one attached hydrogen (secondary N) is 1. The summed E-state index contributed by atoms with van der Waals surface area (Å²) in [4.78, 5) is 16.2. The van der Waals surface area contributed by atoms with Crippen LogP contribution in [0.1, 0.15) is 38.1 Å². The monoisotopic (exact) mass is 298 g/mol. The van der Waals surface area contributed by atoms with Crippen LogP contribution in [-0.4, -0.2) is 20.7 Å². The number of hydrogen-bond acceptors (Lipinski definition) is 3. The van der Waals surface area contributed by atoms with E-state index in [1.807, 2.05) is 52.0 Å². The van der Waals surface area contributed by atoms with Crippen molar-refractivity contribution in [2.24, 2.45) is 5.92 Å². The van der Waals surface area contributed by atoms with Gasteiger partial charge in [-0.25, -0.2) is 9.67 Å². The highest BCUT2D eigenvalue weighted by molar-refractivity contribution is 5.87. The number of allylic oxidation sites excluding steroid dienone is 1. The maximum atomic E-state index is 11.9. The standard InChI is InChI=1S/C17H22N4O/c1-12(2)8-9-17(22)20-13(3)15-11-19-21(14(15)4)16-7-5-6-10-18-16/h5-13H,1-4H3,(H,20,22). The fourth-order valence-corrected chi connectivity index (χ4v) is 2.18. The fraction of sp³-hybridized carbons (Fsp3) is 0.353. The molecular formula is C17H22N4O. The predicted molar refractivity (Wildman–Crippen MR) is 86.6 cm³/mol. The molecule has 22 heavy (non-hydrogen) atoms. The van der Waals surface area contributed by atoms with Gasteiger partial charge in [-0.05, 0) is 38.0 Å². The molecule has 1 amide bonds. The minimum atomic E-state index is -0.109. The highest BCUT2D eigenvalue weighted by Crippen LogP contribution is 2.19. The van der Waals surface area contributed by atoms with E-state index < -0.39 is 0 Å². The van der Waals surface area contributed by atoms with Crippen molar-refractivity contribution in [3.63, 3.8) is 0 Å². The van der Waals surface area contributed by atoms with Gasteiger partial charge in [0.25, 0.3) is 0 Å². The molecule has 1 N–H and O–H groups in total. The third-order valence-corrected chi connectivity index (χ3v) is 3.37. The normalized spacial score (nSPS) is 12.8. The maximum absolute atomic E-state index is 11.9. The van der Waals surface area contributed by atoms with E-state index in [1.165, 1.54) is 0 Å². The van der Waals surface area contributed by atoms with Gasteiger partial charge in [0.1, 0.15) is 0 Å². The molecule has 116 valence electrons. The first-order chi connectivity index (χ1) is 10.5. The van der Waals surface area contributed by atoms with Crippen molar-refractivity contribution in [3.05, 3.63) is 54.0 Å². The number of hydrogen-bond donors (Lipinski definition) is 1. The maximum Gasteiger partial charge on any atom is 0.244 e. The van der Waals surface area contributed by atoms with Crippen molar-refractivity contribution in [2.75, 3.05) is 0 Å². The third-order valence-electron chi connectivity index (χ3n) is 3.37. The van der Waals surface area contributed by atoms with Gasteiger partial charge in [0.15, 0.2) is 5.82 Å². The third kappa shape index (κ3) is 3.81. The van der Waals surface area contributed by atoms with Gasteiger partial charge in [0.05, 0.1) is 12.2 Å². The van der Waals surface area contributed by atoms with Gasteiger partial charge in [-0.15, -0.1) is 0 Å². The molecule has 2 aromatic heterocycles. The second-order valence-corrected chi connectivity index (χ2v) is 5.62. The summed E-state index contributed by atoms with van der Waals surface area (Å²) in [6, 6.07) is 5.58. The average molecular weight is 298 g/mol. The number of carbonyl (C=O) groups is 1. The van der Waals surface area contributed by atoms with Crippen LogP contribution in [0.4, 0.5) is 0 Å². The summed E-state index contributed by atoms with van der Waals surface area (Å²) in [5, 5.41) is 7.33. The Morgan fingerprint density at radius 1 is 1.32 bits per heavy atom. The molecule has 0 bridgehead atoms. The Hall–Kier alpha value is -2.43. The minimum Gasteiger partial charge on any atom is -0.346 e. The zero-order chi connectivity index (χ0) is 16.1. The van der Waals surface area contributed by atoms with E-state index in [0.29, 0.717) is 5.92 Å². The summed E-state index contributed by atoms with van der Waals surface area (Å²) in [5.41, 5.74) is 1.95. The number of carbonyl (C=O) groups excluding carboxylic acids is 1. The molecule has 2 rings (SSSR count). The molecule has 5 nitrogen and oxygen atoms in total. The van der Waals surface area contributed by atoms with Crippen LogP contribution in [0.15, 0.2) is 42.7 Å². The zero-order valence-corrected chi connectivity index (χ0v) is 13.4. The molecule has 0 aliphatic carbocycles. The van der Waals surface area contributed by atoms with Crippen molar-refractivity contribution < 1.29 is 4.79 Å². The first-order valence-electron chi connectivity index (χ1n) is 7.43. The van der Waals surface area contributed by atoms with Crippen LogP contribution in [0.3, 0.4) is 0 Å². The number of pyridine rings is 1. The number of aromatic nitrogens is 3. The Balaban J connectivity index is 2.13. The molecule has 0 fully saturated rings. The summed E-state index contributed by atoms with van der Waals surface area (Å²) in [5.74, 6) is 1.03. The van der Waals surface area contributed by atoms with E-state index in [-0.39, 0.29) is 11.9 Å². The Morgan fingerprint density at radius 2 is 2.09 bits per heavy atom. The molecule has 0 spiro atoms. The molecule has 0 aromatic carbocycles. The molecule has 0 saturated heterocycles. The molecule has 0 aliphatic rings. The molecule has 0 aliphatic heterocycles. The second-order valence-electron chi connectivity index (χ2n) is 5.62. The van der Waals surface area contributed by atoms with Crippen molar-refractivity contribution in [1.29, 1.82) is 0 Å². The summed E-state index contributed by atoms with van der Waals surface area (Å²) in [7, 11) is 0. The van der Waals surface area contributed by atoms with Crippen molar-refractivity contribution in [1.82, 2.24) is 20.1 Å². The molecule has 0 saturated carbocycles. The SMILES string of the molecule is Cc1c(C(C)NC(=O)C=CC(C)C)cnn1-c1ccccn1. The van der Waals surface area contributed by atoms with Gasteiger partial charge in [0.2, 0.25) is 5.91 Å². The summed E-state index contributed by atoms with van der Waals surface area (Å²) in [6.45, 7) is 8.00. The molecule has 0 radical (unpaired) electrons. The molecular weight excluding hydrogens is 276 g/mol. The van der Waals surface area contributed by atoms with Crippen LogP contribution >= 0.6 is 0 Å². The lowest BCUT2D eigenvalue weighted by Gasteiger charge is -2.12. The van der Waals surface area contributed by atoms with Crippen LogP contribution in [0.25, 0.3) is 5.82 Å². The smallest absolute Gasteiger partial charge is 0.244 e. The van der Waals surface area contributed by atoms with E-state index >= 15 is 0 Å². The lowest BCUT2D eigenvalue weighted by atomic mass is 10.1. The van der Waals surface area contributed by atoms with E-state index in [1.54, 1.807) is 23.2 Å². The first kappa shape index (κ1) is 15.9. The average Bonchev–Trinajstić information content (AvgIpc) is 2.88. The van der Waals surface area contributed by atoms with Gasteiger partial charge in [-0.3, -0.25) is 4.79 Å². The second kappa shape index (κ2) is 7.02. The molecule has 1 unspecified atom stereocenters. The van der Waals surface area contributed by atoms with Crippen LogP contribution in [-0.2, 0) is 4.79 Å². The van der Waals surface area contributed by atoms with E-state index in [4.69, 9.17) is 0 Å². The van der Waals surface area contributed by atoms with Crippen LogP contribution in [0, 0.1) is 12.8 Å². The lowest BCUT2D eigenvalue weighted by molar-refractivity contribution is -0.117. The van der Waals surface area contributed by atoms with Gasteiger partial charge >= 0.3 is 0 Å². The minimum absolute atomic E-state index is 0.0915. The highest BCUT2D eigenvalue weighted by atomic mass is 16.1. The van der Waals surface area contributed by atoms with Gasteiger partial charge in [-0.1, -0.05) is 26.0 Å². The largest absolute Gasteiger partial charge is 0.346 e. The van der Waals surface area contributed by atoms with E-state index in [2.05, 4.69) is 15.4 Å². The predicted octanol–water partition coefficient (Wildman–Crippen LogP) is 2.97. The number of amides is 1. The van der Waals surface area contributed by atoms with Crippen molar-refractivity contribution in [2.45, 2.75) is 33.7 Å². The lowest BCUT2D eigenvalue weighted by Crippen LogP contribution is -2.25. The van der Waals surface area contributed by atoms with E-state index in [9.17, 15) is 4.79 Å². The summed E-state index contributed by atoms with van der Waals surface area (Å²) in [6.07, 6.45) is 6.98. The highest BCUT2D eigenvalue weighted by Gasteiger charge is 2.15. The fourth-order valence-electron chi connectivity index (χ4n) is 2.18. The van der Waals surface area contributed by atoms with Gasteiger partial charge in [-0.2, -0.15) is 5.10 Å². The first-order valence-corrected chi connectivity index (χ1v) is 7.43. The number of nitrogens with zero attached hydrogens (tertiary/aromatic N) is 3. The van der Waals surface area contributed by atoms with Crippen molar-refractivity contribution >= 4 is 5.91 Å². The Labute approximate surface area is 131 Å². The van der Waals surface area contributed by atoms with Gasteiger partial charge < -0.3 is 5.32 Å². The Bertz CT molecular complexity index is 659. The molecule has 1 atom stereocenters. The Kier molecular flexibility index (Phi) is 5.09. The van der Waals surface area contributed by atoms with E-state index in [0.717, 1.165) is 17.1 Å². The molecule has 5 heteroatoms. The Morgan fingerprint density at radius 3 is 2.73 bits per heavy atom. The molecule has 2 aromatic rings. The molecule has 2 heterocycles. The van der Waals surface area contributed by atoms with Crippen LogP contribution in [0.2, 0.25) is 0 Å².